The highest BCUT2D eigenvalue weighted by molar-refractivity contribution is 5.88. The molecule has 7 heteroatoms. The van der Waals surface area contributed by atoms with E-state index in [1.165, 1.54) is 59.2 Å². The first-order valence-electron chi connectivity index (χ1n) is 18.3. The predicted molar refractivity (Wildman–Crippen MR) is 189 cm³/mol. The topological polar surface area (TPSA) is 46.9 Å². The second kappa shape index (κ2) is 10.9. The Morgan fingerprint density at radius 2 is 1.68 bits per heavy atom. The minimum absolute atomic E-state index is 0.100. The standard InChI is InChI=1S/C43H42F2N2O3/c1-25(2)29-9-15-35-33(19-29)34-21-43(49-24-28-7-13-32(45)14-8-28)37-20-30-10-16-36(48)40-38(30)42(43,17-18-46(37)22-26-3-4-26)41(50-40)39(34)47(35)23-27-5-11-31(44)12-6-27/h5-16,19,25-26,37,41,48H,3-4,17-18,20-24H2,1-2H3/t37-,41+,42+,43-/m1/s1. The number of halogens is 2. The number of phenols is 1. The number of likely N-dealkylation sites (tertiary alicyclic amines) is 1. The molecule has 1 saturated heterocycles. The first-order valence-corrected chi connectivity index (χ1v) is 18.3. The van der Waals surface area contributed by atoms with Crippen LogP contribution in [0.25, 0.3) is 10.9 Å². The monoisotopic (exact) mass is 672 g/mol. The molecule has 4 aromatic carbocycles. The van der Waals surface area contributed by atoms with Gasteiger partial charge in [0.2, 0.25) is 0 Å². The summed E-state index contributed by atoms with van der Waals surface area (Å²) in [5, 5.41) is 12.7. The smallest absolute Gasteiger partial charge is 0.166 e. The summed E-state index contributed by atoms with van der Waals surface area (Å²) < 4.78 is 45.3. The van der Waals surface area contributed by atoms with Crippen LogP contribution in [0.4, 0.5) is 8.78 Å². The second-order valence-corrected chi connectivity index (χ2v) is 15.8. The lowest BCUT2D eigenvalue weighted by molar-refractivity contribution is -0.211. The molecule has 0 amide bonds. The molecule has 2 bridgehead atoms. The van der Waals surface area contributed by atoms with Gasteiger partial charge in [0.1, 0.15) is 17.2 Å². The number of benzene rings is 4. The van der Waals surface area contributed by atoms with Crippen LogP contribution in [0.5, 0.6) is 11.5 Å². The van der Waals surface area contributed by atoms with Crippen LogP contribution >= 0.6 is 0 Å². The Morgan fingerprint density at radius 1 is 0.940 bits per heavy atom. The van der Waals surface area contributed by atoms with Gasteiger partial charge in [-0.1, -0.05) is 50.2 Å². The SMILES string of the molecule is CC(C)c1ccc2c(c1)c1c(n2Cc2ccc(F)cc2)[C@@H]2Oc3c(O)ccc4c3[C@@]23CCN(CC2CC2)[C@H](C4)[C@]3(OCc2ccc(F)cc2)C1. The van der Waals surface area contributed by atoms with Gasteiger partial charge in [0.25, 0.3) is 0 Å². The van der Waals surface area contributed by atoms with E-state index in [0.717, 1.165) is 59.8 Å². The fourth-order valence-corrected chi connectivity index (χ4v) is 10.2. The zero-order valence-electron chi connectivity index (χ0n) is 28.6. The summed E-state index contributed by atoms with van der Waals surface area (Å²) in [5.74, 6) is 1.32. The number of fused-ring (bicyclic) bond motifs is 4. The van der Waals surface area contributed by atoms with E-state index in [1.807, 2.05) is 24.3 Å². The van der Waals surface area contributed by atoms with Crippen molar-refractivity contribution < 1.29 is 23.4 Å². The molecule has 1 spiro atoms. The molecule has 1 saturated carbocycles. The zero-order chi connectivity index (χ0) is 33.9. The molecule has 5 nitrogen and oxygen atoms in total. The molecule has 5 aromatic rings. The van der Waals surface area contributed by atoms with Gasteiger partial charge in [-0.2, -0.15) is 0 Å². The summed E-state index contributed by atoms with van der Waals surface area (Å²) in [5.41, 5.74) is 7.84. The van der Waals surface area contributed by atoms with Crippen molar-refractivity contribution in [1.82, 2.24) is 9.47 Å². The zero-order valence-corrected chi connectivity index (χ0v) is 28.6. The van der Waals surface area contributed by atoms with Crippen molar-refractivity contribution in [1.29, 1.82) is 0 Å². The van der Waals surface area contributed by atoms with Gasteiger partial charge in [-0.15, -0.1) is 0 Å². The number of piperidine rings is 1. The van der Waals surface area contributed by atoms with E-state index in [9.17, 15) is 13.9 Å². The number of rotatable bonds is 8. The van der Waals surface area contributed by atoms with Crippen LogP contribution in [0.1, 0.15) is 84.2 Å². The number of hydrogen-bond donors (Lipinski definition) is 1. The van der Waals surface area contributed by atoms with Crippen molar-refractivity contribution in [2.75, 3.05) is 13.1 Å². The summed E-state index contributed by atoms with van der Waals surface area (Å²) >= 11 is 0. The molecule has 2 aliphatic heterocycles. The lowest BCUT2D eigenvalue weighted by Gasteiger charge is -2.64. The summed E-state index contributed by atoms with van der Waals surface area (Å²) in [4.78, 5) is 2.71. The van der Waals surface area contributed by atoms with E-state index in [2.05, 4.69) is 47.6 Å². The fraction of sp³-hybridized carbons (Fsp3) is 0.395. The highest BCUT2D eigenvalue weighted by Gasteiger charge is 2.74. The minimum atomic E-state index is -0.666. The van der Waals surface area contributed by atoms with Crippen molar-refractivity contribution in [2.24, 2.45) is 5.92 Å². The number of aromatic hydroxyl groups is 1. The molecule has 1 aromatic heterocycles. The molecule has 3 heterocycles. The van der Waals surface area contributed by atoms with Gasteiger partial charge >= 0.3 is 0 Å². The lowest BCUT2D eigenvalue weighted by Crippen LogP contribution is -2.75. The Hall–Kier alpha value is -4.20. The molecule has 5 aliphatic rings. The van der Waals surface area contributed by atoms with E-state index in [4.69, 9.17) is 9.47 Å². The van der Waals surface area contributed by atoms with E-state index in [0.29, 0.717) is 31.2 Å². The summed E-state index contributed by atoms with van der Waals surface area (Å²) in [6.45, 7) is 7.38. The molecule has 1 N–H and O–H groups in total. The van der Waals surface area contributed by atoms with Gasteiger partial charge in [-0.3, -0.25) is 4.90 Å². The average Bonchev–Trinajstić information content (AvgIpc) is 3.79. The molecule has 256 valence electrons. The Bertz CT molecular complexity index is 2150. The summed E-state index contributed by atoms with van der Waals surface area (Å²) in [6, 6.07) is 24.3. The second-order valence-electron chi connectivity index (χ2n) is 15.8. The number of nitrogens with zero attached hydrogens (tertiary/aromatic N) is 2. The Labute approximate surface area is 291 Å². The van der Waals surface area contributed by atoms with Crippen molar-refractivity contribution in [3.63, 3.8) is 0 Å². The molecular weight excluding hydrogens is 630 g/mol. The Morgan fingerprint density at radius 3 is 2.40 bits per heavy atom. The predicted octanol–water partition coefficient (Wildman–Crippen LogP) is 8.72. The van der Waals surface area contributed by atoms with Gasteiger partial charge in [0.15, 0.2) is 17.6 Å². The van der Waals surface area contributed by atoms with Crippen LogP contribution in [0.15, 0.2) is 78.9 Å². The number of ether oxygens (including phenoxy) is 2. The molecule has 50 heavy (non-hydrogen) atoms. The number of hydrogen-bond acceptors (Lipinski definition) is 4. The largest absolute Gasteiger partial charge is 0.504 e. The molecule has 0 unspecified atom stereocenters. The van der Waals surface area contributed by atoms with Crippen molar-refractivity contribution >= 4 is 10.9 Å². The first-order chi connectivity index (χ1) is 24.3. The van der Waals surface area contributed by atoms with Crippen molar-refractivity contribution in [3.8, 4) is 11.5 Å². The van der Waals surface area contributed by atoms with Crippen LogP contribution in [-0.4, -0.2) is 39.3 Å². The maximum Gasteiger partial charge on any atom is 0.166 e. The van der Waals surface area contributed by atoms with Crippen molar-refractivity contribution in [3.05, 3.63) is 130 Å². The van der Waals surface area contributed by atoms with Gasteiger partial charge in [-0.25, -0.2) is 8.78 Å². The van der Waals surface area contributed by atoms with E-state index < -0.39 is 17.1 Å². The van der Waals surface area contributed by atoms with Crippen LogP contribution in [-0.2, 0) is 36.1 Å². The van der Waals surface area contributed by atoms with Gasteiger partial charge in [0.05, 0.1) is 17.7 Å². The summed E-state index contributed by atoms with van der Waals surface area (Å²) in [7, 11) is 0. The van der Waals surface area contributed by atoms with E-state index in [-0.39, 0.29) is 23.4 Å². The first kappa shape index (κ1) is 30.6. The molecule has 4 atom stereocenters. The van der Waals surface area contributed by atoms with Crippen LogP contribution in [0, 0.1) is 17.6 Å². The normalized spacial score (nSPS) is 26.3. The van der Waals surface area contributed by atoms with Gasteiger partial charge in [0, 0.05) is 42.0 Å². The van der Waals surface area contributed by atoms with Crippen LogP contribution in [0.3, 0.4) is 0 Å². The third-order valence-corrected chi connectivity index (χ3v) is 12.7. The quantitative estimate of drug-likeness (QED) is 0.179. The minimum Gasteiger partial charge on any atom is -0.504 e. The van der Waals surface area contributed by atoms with Gasteiger partial charge in [-0.05, 0) is 114 Å². The molecule has 0 radical (unpaired) electrons. The average molecular weight is 673 g/mol. The van der Waals surface area contributed by atoms with Crippen LogP contribution < -0.4 is 4.74 Å². The molecular formula is C43H42F2N2O3. The highest BCUT2D eigenvalue weighted by Crippen LogP contribution is 2.70. The lowest BCUT2D eigenvalue weighted by atomic mass is 9.48. The van der Waals surface area contributed by atoms with Crippen molar-refractivity contribution in [2.45, 2.75) is 88.2 Å². The third kappa shape index (κ3) is 4.29. The van der Waals surface area contributed by atoms with E-state index in [1.54, 1.807) is 6.07 Å². The number of phenolic OH excluding ortho intramolecular Hbond substituents is 1. The summed E-state index contributed by atoms with van der Waals surface area (Å²) in [6.07, 6.45) is 4.50. The number of aromatic nitrogens is 1. The molecule has 10 rings (SSSR count). The Balaban J connectivity index is 1.24. The molecule has 2 fully saturated rings. The third-order valence-electron chi connectivity index (χ3n) is 12.7. The van der Waals surface area contributed by atoms with E-state index >= 15 is 0 Å². The molecule has 3 aliphatic carbocycles. The van der Waals surface area contributed by atoms with Crippen LogP contribution in [0.2, 0.25) is 0 Å². The highest BCUT2D eigenvalue weighted by atomic mass is 19.1. The van der Waals surface area contributed by atoms with Gasteiger partial charge < -0.3 is 19.1 Å². The maximum absolute atomic E-state index is 14.1. The Kier molecular flexibility index (Phi) is 6.67. The fourth-order valence-electron chi connectivity index (χ4n) is 10.2. The maximum atomic E-state index is 14.1.